The Morgan fingerprint density at radius 2 is 2.09 bits per heavy atom. The molecule has 5 N–H and O–H groups in total. The molecule has 178 valence electrons. The van der Waals surface area contributed by atoms with Gasteiger partial charge in [-0.2, -0.15) is 0 Å². The number of aromatic nitrogens is 3. The summed E-state index contributed by atoms with van der Waals surface area (Å²) in [4.78, 5) is 26.0. The zero-order chi connectivity index (χ0) is 23.9. The molecule has 2 amide bonds. The maximum absolute atomic E-state index is 13.8. The summed E-state index contributed by atoms with van der Waals surface area (Å²) in [6.45, 7) is -0.0551. The van der Waals surface area contributed by atoms with E-state index in [0.717, 1.165) is 33.0 Å². The summed E-state index contributed by atoms with van der Waals surface area (Å²) in [5.74, 6) is 0.265. The lowest BCUT2D eigenvalue weighted by molar-refractivity contribution is 0.0535. The van der Waals surface area contributed by atoms with E-state index in [2.05, 4.69) is 30.9 Å². The minimum absolute atomic E-state index is 0.107. The van der Waals surface area contributed by atoms with Crippen LogP contribution < -0.4 is 20.7 Å². The van der Waals surface area contributed by atoms with Gasteiger partial charge >= 0.3 is 6.03 Å². The number of anilines is 3. The summed E-state index contributed by atoms with van der Waals surface area (Å²) >= 11 is 2.90. The third-order valence-electron chi connectivity index (χ3n) is 4.46. The van der Waals surface area contributed by atoms with Crippen LogP contribution in [0.25, 0.3) is 10.2 Å². The van der Waals surface area contributed by atoms with Crippen LogP contribution in [-0.4, -0.2) is 57.1 Å². The minimum atomic E-state index is -1.09. The molecule has 0 radical (unpaired) electrons. The smallest absolute Gasteiger partial charge is 0.325 e. The predicted octanol–water partition coefficient (Wildman–Crippen LogP) is 3.32. The van der Waals surface area contributed by atoms with E-state index in [4.69, 9.17) is 9.84 Å². The standard InChI is InChI=1S/C21H21FN6O4S2/c22-12-5-13(7-15(6-12)32-10-14(30)9-29)27-20(31)28-21-24-8-16(34-21)1-3-23-19-18-17(2-4-33-18)25-11-26-19/h2,4-8,11,14,29-30H,1,3,9-10H2,(H,23,25,26)(H2,24,27,28,31)/t14-/m1/s1. The first-order valence-corrected chi connectivity index (χ1v) is 11.9. The van der Waals surface area contributed by atoms with Gasteiger partial charge in [0.15, 0.2) is 5.13 Å². The van der Waals surface area contributed by atoms with Crippen molar-refractivity contribution >= 4 is 55.6 Å². The van der Waals surface area contributed by atoms with Crippen LogP contribution in [0.3, 0.4) is 0 Å². The molecule has 4 rings (SSSR count). The van der Waals surface area contributed by atoms with E-state index in [9.17, 15) is 14.3 Å². The van der Waals surface area contributed by atoms with Crippen LogP contribution in [0.1, 0.15) is 4.88 Å². The number of thiazole rings is 1. The summed E-state index contributed by atoms with van der Waals surface area (Å²) < 4.78 is 20.1. The molecular weight excluding hydrogens is 483 g/mol. The molecule has 0 aliphatic carbocycles. The Bertz CT molecular complexity index is 1270. The Kier molecular flexibility index (Phi) is 7.80. The van der Waals surface area contributed by atoms with E-state index >= 15 is 0 Å². The predicted molar refractivity (Wildman–Crippen MR) is 129 cm³/mol. The molecule has 0 bridgehead atoms. The molecule has 1 atom stereocenters. The highest BCUT2D eigenvalue weighted by atomic mass is 32.1. The molecule has 0 fully saturated rings. The number of fused-ring (bicyclic) bond motifs is 1. The molecular formula is C21H21FN6O4S2. The van der Waals surface area contributed by atoms with Crippen molar-refractivity contribution < 1.29 is 24.1 Å². The molecule has 0 spiro atoms. The number of benzene rings is 1. The Hall–Kier alpha value is -3.39. The number of amides is 2. The van der Waals surface area contributed by atoms with Crippen LogP contribution in [0.4, 0.5) is 25.8 Å². The first-order valence-electron chi connectivity index (χ1n) is 10.2. The quantitative estimate of drug-likeness (QED) is 0.221. The van der Waals surface area contributed by atoms with Gasteiger partial charge in [0, 0.05) is 41.9 Å². The molecule has 0 aliphatic heterocycles. The number of thiophene rings is 1. The Morgan fingerprint density at radius 3 is 2.94 bits per heavy atom. The van der Waals surface area contributed by atoms with E-state index in [1.54, 1.807) is 17.5 Å². The number of aliphatic hydroxyl groups excluding tert-OH is 2. The maximum Gasteiger partial charge on any atom is 0.325 e. The number of urea groups is 1. The number of halogens is 1. The second kappa shape index (κ2) is 11.2. The molecule has 3 heterocycles. The van der Waals surface area contributed by atoms with Crippen molar-refractivity contribution in [2.45, 2.75) is 12.5 Å². The van der Waals surface area contributed by atoms with E-state index in [0.29, 0.717) is 18.1 Å². The van der Waals surface area contributed by atoms with E-state index in [1.165, 1.54) is 23.7 Å². The van der Waals surface area contributed by atoms with Crippen LogP contribution in [0, 0.1) is 5.82 Å². The molecule has 1 aromatic carbocycles. The fraction of sp³-hybridized carbons (Fsp3) is 0.238. The van der Waals surface area contributed by atoms with Crippen molar-refractivity contribution in [3.8, 4) is 5.75 Å². The van der Waals surface area contributed by atoms with E-state index in [1.807, 2.05) is 11.4 Å². The lowest BCUT2D eigenvalue weighted by Crippen LogP contribution is -2.21. The SMILES string of the molecule is O=C(Nc1cc(F)cc(OC[C@H](O)CO)c1)Nc1ncc(CCNc2ncnc3ccsc23)s1. The summed E-state index contributed by atoms with van der Waals surface area (Å²) in [6.07, 6.45) is 2.80. The summed E-state index contributed by atoms with van der Waals surface area (Å²) in [5, 5.41) is 29.0. The first kappa shape index (κ1) is 23.8. The summed E-state index contributed by atoms with van der Waals surface area (Å²) in [6, 6.07) is 5.00. The molecule has 0 aliphatic rings. The van der Waals surface area contributed by atoms with Crippen LogP contribution in [0.2, 0.25) is 0 Å². The molecule has 0 saturated heterocycles. The van der Waals surface area contributed by atoms with Crippen LogP contribution in [-0.2, 0) is 6.42 Å². The van der Waals surface area contributed by atoms with Crippen LogP contribution in [0.5, 0.6) is 5.75 Å². The van der Waals surface area contributed by atoms with Crippen LogP contribution >= 0.6 is 22.7 Å². The molecule has 34 heavy (non-hydrogen) atoms. The van der Waals surface area contributed by atoms with Crippen molar-refractivity contribution in [1.82, 2.24) is 15.0 Å². The fourth-order valence-corrected chi connectivity index (χ4v) is 4.54. The molecule has 0 saturated carbocycles. The van der Waals surface area contributed by atoms with Crippen molar-refractivity contribution in [2.24, 2.45) is 0 Å². The first-order chi connectivity index (χ1) is 16.5. The Balaban J connectivity index is 1.28. The number of hydrogen-bond acceptors (Lipinski definition) is 10. The normalized spacial score (nSPS) is 11.9. The molecule has 4 aromatic rings. The number of ether oxygens (including phenoxy) is 1. The lowest BCUT2D eigenvalue weighted by Gasteiger charge is -2.12. The van der Waals surface area contributed by atoms with Gasteiger partial charge in [-0.3, -0.25) is 5.32 Å². The zero-order valence-electron chi connectivity index (χ0n) is 17.7. The minimum Gasteiger partial charge on any atom is -0.491 e. The summed E-state index contributed by atoms with van der Waals surface area (Å²) in [7, 11) is 0. The van der Waals surface area contributed by atoms with Gasteiger partial charge in [-0.25, -0.2) is 24.1 Å². The number of nitrogens with one attached hydrogen (secondary N) is 3. The zero-order valence-corrected chi connectivity index (χ0v) is 19.3. The highest BCUT2D eigenvalue weighted by Gasteiger charge is 2.11. The third kappa shape index (κ3) is 6.35. The Morgan fingerprint density at radius 1 is 1.21 bits per heavy atom. The highest BCUT2D eigenvalue weighted by Crippen LogP contribution is 2.25. The number of aliphatic hydroxyl groups is 2. The van der Waals surface area contributed by atoms with Gasteiger partial charge in [-0.1, -0.05) is 0 Å². The molecule has 3 aromatic heterocycles. The van der Waals surface area contributed by atoms with Crippen LogP contribution in [0.15, 0.2) is 42.2 Å². The van der Waals surface area contributed by atoms with Gasteiger partial charge in [0.25, 0.3) is 0 Å². The average molecular weight is 505 g/mol. The number of carbonyl (C=O) groups is 1. The second-order valence-electron chi connectivity index (χ2n) is 7.07. The van der Waals surface area contributed by atoms with Gasteiger partial charge < -0.3 is 25.6 Å². The number of carbonyl (C=O) groups excluding carboxylic acids is 1. The number of hydrogen-bond donors (Lipinski definition) is 5. The molecule has 10 nitrogen and oxygen atoms in total. The Labute approximate surface area is 201 Å². The maximum atomic E-state index is 13.8. The van der Waals surface area contributed by atoms with Crippen molar-refractivity contribution in [3.63, 3.8) is 0 Å². The van der Waals surface area contributed by atoms with Gasteiger partial charge in [0.05, 0.1) is 16.8 Å². The number of rotatable bonds is 10. The molecule has 0 unspecified atom stereocenters. The largest absolute Gasteiger partial charge is 0.491 e. The van der Waals surface area contributed by atoms with Gasteiger partial charge in [0.1, 0.15) is 36.4 Å². The highest BCUT2D eigenvalue weighted by molar-refractivity contribution is 7.17. The second-order valence-corrected chi connectivity index (χ2v) is 9.10. The molecule has 13 heteroatoms. The van der Waals surface area contributed by atoms with Crippen molar-refractivity contribution in [2.75, 3.05) is 35.7 Å². The topological polar surface area (TPSA) is 142 Å². The van der Waals surface area contributed by atoms with E-state index < -0.39 is 24.6 Å². The average Bonchev–Trinajstić information content (AvgIpc) is 3.47. The lowest BCUT2D eigenvalue weighted by atomic mass is 10.3. The van der Waals surface area contributed by atoms with Gasteiger partial charge in [-0.15, -0.1) is 22.7 Å². The van der Waals surface area contributed by atoms with Gasteiger partial charge in [-0.05, 0) is 17.5 Å². The third-order valence-corrected chi connectivity index (χ3v) is 6.35. The van der Waals surface area contributed by atoms with Crippen molar-refractivity contribution in [1.29, 1.82) is 0 Å². The van der Waals surface area contributed by atoms with Gasteiger partial charge in [0.2, 0.25) is 0 Å². The fourth-order valence-electron chi connectivity index (χ4n) is 2.92. The van der Waals surface area contributed by atoms with Crippen molar-refractivity contribution in [3.05, 3.63) is 52.9 Å². The monoisotopic (exact) mass is 504 g/mol. The number of nitrogens with zero attached hydrogens (tertiary/aromatic N) is 3. The summed E-state index contributed by atoms with van der Waals surface area (Å²) in [5.41, 5.74) is 1.06. The van der Waals surface area contributed by atoms with E-state index in [-0.39, 0.29) is 18.0 Å².